The van der Waals surface area contributed by atoms with Gasteiger partial charge in [-0.1, -0.05) is 17.7 Å². The molecule has 0 unspecified atom stereocenters. The Morgan fingerprint density at radius 1 is 1.14 bits per heavy atom. The molecule has 0 saturated carbocycles. The molecule has 120 valence electrons. The standard InChI is InChI=1S/C17H22FNO2S/c1-13(2)17(18)16(19-10-4-5-11-19)12-22(20,21)15-8-6-14(3)7-9-15/h6-9,12H,4-5,10-11H2,1-3H3/b16-12-. The third-order valence-electron chi connectivity index (χ3n) is 3.73. The van der Waals surface area contributed by atoms with Crippen molar-refractivity contribution in [2.24, 2.45) is 0 Å². The Labute approximate surface area is 132 Å². The summed E-state index contributed by atoms with van der Waals surface area (Å²) < 4.78 is 39.5. The van der Waals surface area contributed by atoms with Crippen LogP contribution in [0, 0.1) is 6.92 Å². The van der Waals surface area contributed by atoms with E-state index in [2.05, 4.69) is 0 Å². The van der Waals surface area contributed by atoms with Gasteiger partial charge in [0.05, 0.1) is 16.0 Å². The number of halogens is 1. The van der Waals surface area contributed by atoms with Gasteiger partial charge >= 0.3 is 0 Å². The molecule has 0 spiro atoms. The Morgan fingerprint density at radius 3 is 2.18 bits per heavy atom. The van der Waals surface area contributed by atoms with Gasteiger partial charge in [0.1, 0.15) is 5.83 Å². The highest BCUT2D eigenvalue weighted by molar-refractivity contribution is 7.94. The Bertz CT molecular complexity index is 693. The number of aryl methyl sites for hydroxylation is 1. The van der Waals surface area contributed by atoms with E-state index < -0.39 is 15.7 Å². The maximum atomic E-state index is 14.5. The summed E-state index contributed by atoms with van der Waals surface area (Å²) in [5.41, 5.74) is 1.65. The quantitative estimate of drug-likeness (QED) is 0.787. The number of likely N-dealkylation sites (tertiary alicyclic amines) is 1. The van der Waals surface area contributed by atoms with Crippen LogP contribution >= 0.6 is 0 Å². The lowest BCUT2D eigenvalue weighted by Crippen LogP contribution is -2.20. The second kappa shape index (κ2) is 6.65. The zero-order chi connectivity index (χ0) is 16.3. The van der Waals surface area contributed by atoms with Crippen LogP contribution in [0.1, 0.15) is 32.3 Å². The number of nitrogens with zero attached hydrogens (tertiary/aromatic N) is 1. The van der Waals surface area contributed by atoms with Crippen molar-refractivity contribution in [3.63, 3.8) is 0 Å². The highest BCUT2D eigenvalue weighted by Crippen LogP contribution is 2.27. The van der Waals surface area contributed by atoms with Crippen molar-refractivity contribution >= 4 is 9.84 Å². The summed E-state index contributed by atoms with van der Waals surface area (Å²) in [7, 11) is -3.67. The van der Waals surface area contributed by atoms with Crippen LogP contribution in [0.3, 0.4) is 0 Å². The molecule has 1 aromatic rings. The van der Waals surface area contributed by atoms with Crippen LogP contribution in [0.15, 0.2) is 51.7 Å². The molecule has 0 amide bonds. The lowest BCUT2D eigenvalue weighted by atomic mass is 10.2. The van der Waals surface area contributed by atoms with Crippen LogP contribution in [-0.2, 0) is 9.84 Å². The van der Waals surface area contributed by atoms with Crippen molar-refractivity contribution in [1.29, 1.82) is 0 Å². The van der Waals surface area contributed by atoms with Crippen molar-refractivity contribution < 1.29 is 12.8 Å². The molecule has 1 heterocycles. The molecular weight excluding hydrogens is 301 g/mol. The minimum atomic E-state index is -3.67. The van der Waals surface area contributed by atoms with Gasteiger partial charge in [-0.15, -0.1) is 0 Å². The topological polar surface area (TPSA) is 37.4 Å². The SMILES string of the molecule is CC(C)=C(F)/C(=C/S(=O)(=O)c1ccc(C)cc1)N1CCCC1. The van der Waals surface area contributed by atoms with Crippen LogP contribution in [-0.4, -0.2) is 26.4 Å². The van der Waals surface area contributed by atoms with Gasteiger partial charge in [-0.2, -0.15) is 0 Å². The van der Waals surface area contributed by atoms with Crippen molar-refractivity contribution in [3.05, 3.63) is 52.3 Å². The largest absolute Gasteiger partial charge is 0.369 e. The fraction of sp³-hybridized carbons (Fsp3) is 0.412. The Balaban J connectivity index is 2.47. The summed E-state index contributed by atoms with van der Waals surface area (Å²) in [6.07, 6.45) is 1.91. The maximum Gasteiger partial charge on any atom is 0.201 e. The summed E-state index contributed by atoms with van der Waals surface area (Å²) in [5, 5.41) is 1.07. The fourth-order valence-corrected chi connectivity index (χ4v) is 3.62. The first-order chi connectivity index (χ1) is 10.3. The fourth-order valence-electron chi connectivity index (χ4n) is 2.42. The van der Waals surface area contributed by atoms with Crippen molar-refractivity contribution in [3.8, 4) is 0 Å². The maximum absolute atomic E-state index is 14.5. The molecule has 3 nitrogen and oxygen atoms in total. The monoisotopic (exact) mass is 323 g/mol. The zero-order valence-electron chi connectivity index (χ0n) is 13.3. The first kappa shape index (κ1) is 16.7. The normalized spacial score (nSPS) is 16.0. The number of hydrogen-bond acceptors (Lipinski definition) is 3. The number of rotatable bonds is 4. The highest BCUT2D eigenvalue weighted by Gasteiger charge is 2.23. The molecule has 1 aromatic carbocycles. The van der Waals surface area contributed by atoms with Gasteiger partial charge in [0.2, 0.25) is 9.84 Å². The molecule has 1 fully saturated rings. The molecule has 0 aromatic heterocycles. The van der Waals surface area contributed by atoms with Crippen LogP contribution in [0.5, 0.6) is 0 Å². The Morgan fingerprint density at radius 2 is 1.68 bits per heavy atom. The molecule has 5 heteroatoms. The van der Waals surface area contributed by atoms with E-state index in [1.807, 2.05) is 11.8 Å². The number of allylic oxidation sites excluding steroid dienone is 2. The van der Waals surface area contributed by atoms with E-state index >= 15 is 0 Å². The van der Waals surface area contributed by atoms with Crippen LogP contribution in [0.4, 0.5) is 4.39 Å². The van der Waals surface area contributed by atoms with Gasteiger partial charge in [0.15, 0.2) is 0 Å². The van der Waals surface area contributed by atoms with E-state index in [1.165, 1.54) is 0 Å². The van der Waals surface area contributed by atoms with Crippen LogP contribution in [0.2, 0.25) is 0 Å². The van der Waals surface area contributed by atoms with Gasteiger partial charge in [0, 0.05) is 13.1 Å². The second-order valence-corrected chi connectivity index (χ2v) is 7.67. The smallest absolute Gasteiger partial charge is 0.201 e. The van der Waals surface area contributed by atoms with Gasteiger partial charge in [-0.25, -0.2) is 12.8 Å². The summed E-state index contributed by atoms with van der Waals surface area (Å²) in [4.78, 5) is 2.00. The lowest BCUT2D eigenvalue weighted by Gasteiger charge is -2.21. The van der Waals surface area contributed by atoms with Gasteiger partial charge in [-0.05, 0) is 51.3 Å². The van der Waals surface area contributed by atoms with Gasteiger partial charge < -0.3 is 4.90 Å². The molecule has 0 aliphatic carbocycles. The number of hydrogen-bond donors (Lipinski definition) is 0. The molecule has 0 atom stereocenters. The van der Waals surface area contributed by atoms with Crippen LogP contribution in [0.25, 0.3) is 0 Å². The lowest BCUT2D eigenvalue weighted by molar-refractivity contribution is 0.406. The third kappa shape index (κ3) is 3.77. The number of sulfone groups is 1. The Hall–Kier alpha value is -1.62. The first-order valence-corrected chi connectivity index (χ1v) is 8.97. The van der Waals surface area contributed by atoms with Crippen molar-refractivity contribution in [2.75, 3.05) is 13.1 Å². The molecule has 2 rings (SSSR count). The molecule has 1 aliphatic heterocycles. The summed E-state index contributed by atoms with van der Waals surface area (Å²) in [6, 6.07) is 6.60. The summed E-state index contributed by atoms with van der Waals surface area (Å²) >= 11 is 0. The molecule has 0 radical (unpaired) electrons. The van der Waals surface area contributed by atoms with Crippen LogP contribution < -0.4 is 0 Å². The van der Waals surface area contributed by atoms with Crippen molar-refractivity contribution in [2.45, 2.75) is 38.5 Å². The molecule has 1 saturated heterocycles. The predicted molar refractivity (Wildman–Crippen MR) is 86.7 cm³/mol. The molecule has 0 bridgehead atoms. The van der Waals surface area contributed by atoms with E-state index in [-0.39, 0.29) is 10.6 Å². The van der Waals surface area contributed by atoms with E-state index in [4.69, 9.17) is 0 Å². The van der Waals surface area contributed by atoms with Crippen molar-refractivity contribution in [1.82, 2.24) is 4.90 Å². The Kier molecular flexibility index (Phi) is 5.06. The average Bonchev–Trinajstić information content (AvgIpc) is 2.98. The molecule has 1 aliphatic rings. The first-order valence-electron chi connectivity index (χ1n) is 7.43. The summed E-state index contributed by atoms with van der Waals surface area (Å²) in [6.45, 7) is 6.58. The van der Waals surface area contributed by atoms with Gasteiger partial charge in [0.25, 0.3) is 0 Å². The van der Waals surface area contributed by atoms with E-state index in [9.17, 15) is 12.8 Å². The molecule has 0 N–H and O–H groups in total. The van der Waals surface area contributed by atoms with Gasteiger partial charge in [-0.3, -0.25) is 0 Å². The molecular formula is C17H22FNO2S. The second-order valence-electron chi connectivity index (χ2n) is 5.87. The average molecular weight is 323 g/mol. The van der Waals surface area contributed by atoms with E-state index in [0.29, 0.717) is 18.7 Å². The summed E-state index contributed by atoms with van der Waals surface area (Å²) in [5.74, 6) is -0.447. The zero-order valence-corrected chi connectivity index (χ0v) is 14.1. The van der Waals surface area contributed by atoms with E-state index in [0.717, 1.165) is 23.8 Å². The van der Waals surface area contributed by atoms with E-state index in [1.54, 1.807) is 38.1 Å². The highest BCUT2D eigenvalue weighted by atomic mass is 32.2. The third-order valence-corrected chi connectivity index (χ3v) is 5.19. The predicted octanol–water partition coefficient (Wildman–Crippen LogP) is 3.97. The number of benzene rings is 1. The minimum absolute atomic E-state index is 0.179. The molecule has 22 heavy (non-hydrogen) atoms. The minimum Gasteiger partial charge on any atom is -0.369 e.